The minimum absolute atomic E-state index is 0.132. The molecular weight excluding hydrogens is 402 g/mol. The molecule has 11 heteroatoms. The Labute approximate surface area is 161 Å². The molecule has 1 N–H and O–H groups in total. The van der Waals surface area contributed by atoms with Crippen LogP contribution in [0, 0.1) is 5.82 Å². The lowest BCUT2D eigenvalue weighted by Crippen LogP contribution is -2.44. The Morgan fingerprint density at radius 3 is 2.68 bits per heavy atom. The van der Waals surface area contributed by atoms with Crippen molar-refractivity contribution in [1.29, 1.82) is 0 Å². The highest BCUT2D eigenvalue weighted by Crippen LogP contribution is 2.27. The van der Waals surface area contributed by atoms with E-state index in [0.717, 1.165) is 16.2 Å². The lowest BCUT2D eigenvalue weighted by Gasteiger charge is -2.23. The van der Waals surface area contributed by atoms with Gasteiger partial charge in [0.05, 0.1) is 5.69 Å². The van der Waals surface area contributed by atoms with E-state index in [0.29, 0.717) is 24.1 Å². The largest absolute Gasteiger partial charge is 0.440 e. The number of hydrogen-bond acceptors (Lipinski definition) is 5. The zero-order valence-electron chi connectivity index (χ0n) is 14.3. The Kier molecular flexibility index (Phi) is 5.82. The van der Waals surface area contributed by atoms with Crippen LogP contribution >= 0.6 is 11.3 Å². The summed E-state index contributed by atoms with van der Waals surface area (Å²) in [7, 11) is 0. The molecule has 2 amide bonds. The number of likely N-dealkylation sites (tertiary alicyclic amines) is 1. The van der Waals surface area contributed by atoms with E-state index in [2.05, 4.69) is 15.0 Å². The van der Waals surface area contributed by atoms with Gasteiger partial charge in [-0.05, 0) is 37.1 Å². The fourth-order valence-corrected chi connectivity index (χ4v) is 3.48. The summed E-state index contributed by atoms with van der Waals surface area (Å²) in [5.74, 6) is -0.937. The highest BCUT2D eigenvalue weighted by Gasteiger charge is 2.37. The summed E-state index contributed by atoms with van der Waals surface area (Å²) in [6, 6.07) is 4.74. The third-order valence-corrected chi connectivity index (χ3v) is 4.78. The van der Waals surface area contributed by atoms with Gasteiger partial charge in [-0.25, -0.2) is 14.2 Å². The molecule has 1 atom stereocenters. The molecule has 1 fully saturated rings. The van der Waals surface area contributed by atoms with Gasteiger partial charge in [-0.2, -0.15) is 13.2 Å². The maximum atomic E-state index is 13.0. The Hall–Kier alpha value is -2.69. The van der Waals surface area contributed by atoms with Crippen molar-refractivity contribution in [1.82, 2.24) is 9.88 Å². The minimum Gasteiger partial charge on any atom is -0.440 e. The van der Waals surface area contributed by atoms with E-state index in [4.69, 9.17) is 0 Å². The van der Waals surface area contributed by atoms with E-state index in [1.165, 1.54) is 12.1 Å². The van der Waals surface area contributed by atoms with Crippen molar-refractivity contribution in [2.75, 3.05) is 18.5 Å². The number of rotatable bonds is 4. The summed E-state index contributed by atoms with van der Waals surface area (Å²) in [4.78, 5) is 29.5. The second-order valence-corrected chi connectivity index (χ2v) is 6.91. The summed E-state index contributed by atoms with van der Waals surface area (Å²) in [5, 5.41) is 4.50. The monoisotopic (exact) mass is 417 g/mol. The average Bonchev–Trinajstić information content (AvgIpc) is 3.29. The van der Waals surface area contributed by atoms with E-state index in [1.807, 2.05) is 0 Å². The fourth-order valence-electron chi connectivity index (χ4n) is 2.76. The van der Waals surface area contributed by atoms with E-state index in [-0.39, 0.29) is 17.5 Å². The smallest absolute Gasteiger partial charge is 0.422 e. The molecule has 0 saturated carbocycles. The maximum absolute atomic E-state index is 13.0. The van der Waals surface area contributed by atoms with Crippen molar-refractivity contribution in [2.24, 2.45) is 0 Å². The van der Waals surface area contributed by atoms with Gasteiger partial charge in [0.1, 0.15) is 11.9 Å². The molecule has 1 aromatic carbocycles. The lowest BCUT2D eigenvalue weighted by atomic mass is 10.2. The van der Waals surface area contributed by atoms with Crippen molar-refractivity contribution in [3.63, 3.8) is 0 Å². The van der Waals surface area contributed by atoms with Gasteiger partial charge < -0.3 is 10.1 Å². The van der Waals surface area contributed by atoms with Gasteiger partial charge in [0.25, 0.3) is 0 Å². The first-order valence-corrected chi connectivity index (χ1v) is 9.13. The second-order valence-electron chi connectivity index (χ2n) is 6.06. The number of ether oxygens (including phenoxy) is 1. The molecule has 150 valence electrons. The van der Waals surface area contributed by atoms with Crippen LogP contribution in [-0.2, 0) is 9.53 Å². The lowest BCUT2D eigenvalue weighted by molar-refractivity contribution is -0.162. The quantitative estimate of drug-likeness (QED) is 0.762. The molecular formula is C17H15F4N3O3S. The van der Waals surface area contributed by atoms with Gasteiger partial charge in [0.15, 0.2) is 11.7 Å². The number of carbonyl (C=O) groups is 2. The molecule has 3 rings (SSSR count). The molecule has 1 saturated heterocycles. The molecule has 0 bridgehead atoms. The average molecular weight is 417 g/mol. The number of anilines is 1. The van der Waals surface area contributed by atoms with Crippen molar-refractivity contribution in [3.05, 3.63) is 35.5 Å². The molecule has 2 aromatic rings. The van der Waals surface area contributed by atoms with Crippen molar-refractivity contribution in [2.45, 2.75) is 25.1 Å². The van der Waals surface area contributed by atoms with Crippen LogP contribution in [0.1, 0.15) is 12.8 Å². The van der Waals surface area contributed by atoms with E-state index in [1.54, 1.807) is 17.5 Å². The Balaban J connectivity index is 1.62. The summed E-state index contributed by atoms with van der Waals surface area (Å²) in [6.45, 7) is -1.57. The molecule has 1 aromatic heterocycles. The van der Waals surface area contributed by atoms with Crippen LogP contribution in [0.5, 0.6) is 0 Å². The first-order chi connectivity index (χ1) is 13.2. The molecule has 6 nitrogen and oxygen atoms in total. The molecule has 2 heterocycles. The van der Waals surface area contributed by atoms with Crippen LogP contribution in [0.4, 0.5) is 27.5 Å². The summed E-state index contributed by atoms with van der Waals surface area (Å²) in [5.41, 5.74) is 1.20. The van der Waals surface area contributed by atoms with Crippen molar-refractivity contribution < 1.29 is 31.9 Å². The molecule has 0 aliphatic carbocycles. The number of carbonyl (C=O) groups excluding carboxylic acids is 2. The molecule has 28 heavy (non-hydrogen) atoms. The molecule has 0 radical (unpaired) electrons. The zero-order valence-corrected chi connectivity index (χ0v) is 15.1. The predicted octanol–water partition coefficient (Wildman–Crippen LogP) is 4.05. The highest BCUT2D eigenvalue weighted by atomic mass is 32.1. The maximum Gasteiger partial charge on any atom is 0.422 e. The number of halogens is 4. The number of alkyl halides is 3. The molecule has 1 aliphatic heterocycles. The summed E-state index contributed by atoms with van der Waals surface area (Å²) >= 11 is 1.14. The summed E-state index contributed by atoms with van der Waals surface area (Å²) in [6.07, 6.45) is -5.03. The number of benzene rings is 1. The number of nitrogens with one attached hydrogen (secondary N) is 1. The Morgan fingerprint density at radius 1 is 1.29 bits per heavy atom. The Morgan fingerprint density at radius 2 is 2.00 bits per heavy atom. The number of aromatic nitrogens is 1. The number of nitrogens with zero attached hydrogens (tertiary/aromatic N) is 2. The van der Waals surface area contributed by atoms with Gasteiger partial charge >= 0.3 is 12.3 Å². The van der Waals surface area contributed by atoms with E-state index in [9.17, 15) is 27.2 Å². The van der Waals surface area contributed by atoms with Gasteiger partial charge in [-0.1, -0.05) is 0 Å². The molecule has 1 unspecified atom stereocenters. The van der Waals surface area contributed by atoms with Gasteiger partial charge in [-0.3, -0.25) is 9.69 Å². The third kappa shape index (κ3) is 4.97. The fraction of sp³-hybridized carbons (Fsp3) is 0.353. The number of amides is 2. The SMILES string of the molecule is O=C(Nc1nc(-c2ccc(F)cc2)cs1)C1CCCN1C(=O)OCC(F)(F)F. The van der Waals surface area contributed by atoms with Crippen LogP contribution in [-0.4, -0.2) is 47.3 Å². The second kappa shape index (κ2) is 8.13. The first-order valence-electron chi connectivity index (χ1n) is 8.25. The normalized spacial score (nSPS) is 16.9. The zero-order chi connectivity index (χ0) is 20.3. The van der Waals surface area contributed by atoms with Crippen LogP contribution in [0.15, 0.2) is 29.6 Å². The third-order valence-electron chi connectivity index (χ3n) is 4.02. The van der Waals surface area contributed by atoms with E-state index >= 15 is 0 Å². The van der Waals surface area contributed by atoms with Gasteiger partial charge in [-0.15, -0.1) is 11.3 Å². The summed E-state index contributed by atoms with van der Waals surface area (Å²) < 4.78 is 53.8. The van der Waals surface area contributed by atoms with Crippen molar-refractivity contribution in [3.8, 4) is 11.3 Å². The number of hydrogen-bond donors (Lipinski definition) is 1. The molecule has 1 aliphatic rings. The molecule has 0 spiro atoms. The predicted molar refractivity (Wildman–Crippen MR) is 93.3 cm³/mol. The topological polar surface area (TPSA) is 71.5 Å². The van der Waals surface area contributed by atoms with Crippen LogP contribution < -0.4 is 5.32 Å². The van der Waals surface area contributed by atoms with Gasteiger partial charge in [0.2, 0.25) is 5.91 Å². The van der Waals surface area contributed by atoms with Crippen LogP contribution in [0.3, 0.4) is 0 Å². The number of thiazole rings is 1. The van der Waals surface area contributed by atoms with E-state index < -0.39 is 30.8 Å². The van der Waals surface area contributed by atoms with Crippen LogP contribution in [0.25, 0.3) is 11.3 Å². The first kappa shape index (κ1) is 20.1. The standard InChI is InChI=1S/C17H15F4N3O3S/c18-11-5-3-10(4-6-11)12-8-28-15(22-12)23-14(25)13-2-1-7-24(13)16(26)27-9-17(19,20)21/h3-6,8,13H,1-2,7,9H2,(H,22,23,25). The Bertz CT molecular complexity index is 854. The van der Waals surface area contributed by atoms with Crippen LogP contribution in [0.2, 0.25) is 0 Å². The minimum atomic E-state index is -4.63. The van der Waals surface area contributed by atoms with Crippen molar-refractivity contribution >= 4 is 28.5 Å². The highest BCUT2D eigenvalue weighted by molar-refractivity contribution is 7.14. The van der Waals surface area contributed by atoms with Gasteiger partial charge in [0, 0.05) is 17.5 Å².